The molecule has 0 radical (unpaired) electrons. The maximum Gasteiger partial charge on any atom is 0.126 e. The van der Waals surface area contributed by atoms with Gasteiger partial charge in [0.1, 0.15) is 23.3 Å². The van der Waals surface area contributed by atoms with Gasteiger partial charge in [-0.3, -0.25) is 0 Å². The molecule has 0 spiro atoms. The summed E-state index contributed by atoms with van der Waals surface area (Å²) >= 11 is 0. The second-order valence-corrected chi connectivity index (χ2v) is 3.79. The summed E-state index contributed by atoms with van der Waals surface area (Å²) in [5.41, 5.74) is 0.685. The van der Waals surface area contributed by atoms with E-state index >= 15 is 0 Å². The van der Waals surface area contributed by atoms with Crippen LogP contribution < -0.4 is 0 Å². The summed E-state index contributed by atoms with van der Waals surface area (Å²) in [5.74, 6) is -1.52. The third-order valence-electron chi connectivity index (χ3n) is 2.24. The Labute approximate surface area is 117 Å². The molecular formula is C16H18F4. The minimum absolute atomic E-state index is 0.343. The molecule has 0 atom stereocenters. The summed E-state index contributed by atoms with van der Waals surface area (Å²) in [6.45, 7) is 7.05. The van der Waals surface area contributed by atoms with Crippen molar-refractivity contribution in [1.82, 2.24) is 0 Å². The van der Waals surface area contributed by atoms with Crippen LogP contribution in [0.1, 0.15) is 25.0 Å². The lowest BCUT2D eigenvalue weighted by molar-refractivity contribution is 0.592. The molecule has 0 bridgehead atoms. The predicted octanol–water partition coefficient (Wildman–Crippen LogP) is 5.57. The van der Waals surface area contributed by atoms with Crippen molar-refractivity contribution in [2.45, 2.75) is 27.7 Å². The standard InChI is InChI=1S/2C7H6F2.C2H6/c2*1-5-4-6(8)2-3-7(5)9;1-2/h2*2-4H,1H3;1-2H3. The number of halogens is 4. The van der Waals surface area contributed by atoms with Gasteiger partial charge in [-0.25, -0.2) is 17.6 Å². The molecule has 0 saturated heterocycles. The highest BCUT2D eigenvalue weighted by atomic mass is 19.1. The van der Waals surface area contributed by atoms with Crippen LogP contribution in [-0.2, 0) is 0 Å². The van der Waals surface area contributed by atoms with E-state index < -0.39 is 11.6 Å². The molecule has 0 aliphatic carbocycles. The number of rotatable bonds is 0. The largest absolute Gasteiger partial charge is 0.207 e. The molecule has 0 aliphatic heterocycles. The van der Waals surface area contributed by atoms with E-state index in [1.807, 2.05) is 13.8 Å². The SMILES string of the molecule is CC.Cc1cc(F)ccc1F.Cc1cc(F)ccc1F. The molecule has 0 saturated carbocycles. The molecule has 0 amide bonds. The molecule has 0 N–H and O–H groups in total. The quantitative estimate of drug-likeness (QED) is 0.555. The third kappa shape index (κ3) is 6.36. The molecule has 2 aromatic rings. The second-order valence-electron chi connectivity index (χ2n) is 3.79. The zero-order chi connectivity index (χ0) is 15.7. The van der Waals surface area contributed by atoms with Crippen LogP contribution in [0.4, 0.5) is 17.6 Å². The Bertz CT molecular complexity index is 486. The monoisotopic (exact) mass is 286 g/mol. The molecule has 2 rings (SSSR count). The van der Waals surface area contributed by atoms with E-state index in [0.717, 1.165) is 36.4 Å². The highest BCUT2D eigenvalue weighted by molar-refractivity contribution is 5.17. The maximum absolute atomic E-state index is 12.3. The number of hydrogen-bond acceptors (Lipinski definition) is 0. The minimum Gasteiger partial charge on any atom is -0.207 e. The Balaban J connectivity index is 0.000000321. The van der Waals surface area contributed by atoms with Crippen molar-refractivity contribution in [3.63, 3.8) is 0 Å². The van der Waals surface area contributed by atoms with Crippen molar-refractivity contribution in [3.05, 3.63) is 70.8 Å². The van der Waals surface area contributed by atoms with Crippen molar-refractivity contribution in [2.24, 2.45) is 0 Å². The van der Waals surface area contributed by atoms with Crippen LogP contribution in [0, 0.1) is 37.1 Å². The Hall–Kier alpha value is -1.84. The molecule has 20 heavy (non-hydrogen) atoms. The van der Waals surface area contributed by atoms with Gasteiger partial charge in [-0.1, -0.05) is 13.8 Å². The van der Waals surface area contributed by atoms with E-state index in [-0.39, 0.29) is 11.6 Å². The zero-order valence-corrected chi connectivity index (χ0v) is 12.0. The molecule has 0 unspecified atom stereocenters. The van der Waals surface area contributed by atoms with Crippen LogP contribution >= 0.6 is 0 Å². The molecule has 0 nitrogen and oxygen atoms in total. The Morgan fingerprint density at radius 3 is 1.10 bits per heavy atom. The fourth-order valence-electron chi connectivity index (χ4n) is 1.22. The van der Waals surface area contributed by atoms with Crippen LogP contribution in [0.3, 0.4) is 0 Å². The summed E-state index contributed by atoms with van der Waals surface area (Å²) < 4.78 is 49.0. The van der Waals surface area contributed by atoms with Crippen LogP contribution in [0.25, 0.3) is 0 Å². The Morgan fingerprint density at radius 2 is 0.900 bits per heavy atom. The highest BCUT2D eigenvalue weighted by Crippen LogP contribution is 2.07. The topological polar surface area (TPSA) is 0 Å². The van der Waals surface area contributed by atoms with Gasteiger partial charge in [0.15, 0.2) is 0 Å². The summed E-state index contributed by atoms with van der Waals surface area (Å²) in [6.07, 6.45) is 0. The molecule has 4 heteroatoms. The third-order valence-corrected chi connectivity index (χ3v) is 2.24. The summed E-state index contributed by atoms with van der Waals surface area (Å²) in [5, 5.41) is 0. The molecule has 0 heterocycles. The summed E-state index contributed by atoms with van der Waals surface area (Å²) in [7, 11) is 0. The van der Waals surface area contributed by atoms with Crippen LogP contribution in [0.5, 0.6) is 0 Å². The van der Waals surface area contributed by atoms with Crippen LogP contribution in [0.2, 0.25) is 0 Å². The smallest absolute Gasteiger partial charge is 0.126 e. The van der Waals surface area contributed by atoms with Gasteiger partial charge < -0.3 is 0 Å². The zero-order valence-electron chi connectivity index (χ0n) is 12.0. The average molecular weight is 286 g/mol. The molecule has 0 aliphatic rings. The first-order valence-corrected chi connectivity index (χ1v) is 6.23. The molecule has 0 fully saturated rings. The van der Waals surface area contributed by atoms with Crippen LogP contribution in [0.15, 0.2) is 36.4 Å². The van der Waals surface area contributed by atoms with Gasteiger partial charge in [0.05, 0.1) is 0 Å². The molecule has 0 aromatic heterocycles. The summed E-state index contributed by atoms with van der Waals surface area (Å²) in [6, 6.07) is 6.75. The van der Waals surface area contributed by atoms with Crippen LogP contribution in [-0.4, -0.2) is 0 Å². The first-order valence-electron chi connectivity index (χ1n) is 6.23. The first-order chi connectivity index (χ1) is 9.40. The average Bonchev–Trinajstić information content (AvgIpc) is 2.42. The van der Waals surface area contributed by atoms with E-state index in [0.29, 0.717) is 11.1 Å². The second kappa shape index (κ2) is 9.13. The van der Waals surface area contributed by atoms with Crippen molar-refractivity contribution in [1.29, 1.82) is 0 Å². The Kier molecular flexibility index (Phi) is 8.29. The van der Waals surface area contributed by atoms with E-state index in [1.54, 1.807) is 0 Å². The lowest BCUT2D eigenvalue weighted by atomic mass is 10.2. The van der Waals surface area contributed by atoms with Gasteiger partial charge in [-0.2, -0.15) is 0 Å². The highest BCUT2D eigenvalue weighted by Gasteiger charge is 1.96. The van der Waals surface area contributed by atoms with E-state index in [9.17, 15) is 17.6 Å². The fraction of sp³-hybridized carbons (Fsp3) is 0.250. The number of hydrogen-bond donors (Lipinski definition) is 0. The van der Waals surface area contributed by atoms with E-state index in [1.165, 1.54) is 13.8 Å². The van der Waals surface area contributed by atoms with Crippen molar-refractivity contribution in [2.75, 3.05) is 0 Å². The fourth-order valence-corrected chi connectivity index (χ4v) is 1.22. The van der Waals surface area contributed by atoms with Gasteiger partial charge >= 0.3 is 0 Å². The maximum atomic E-state index is 12.3. The van der Waals surface area contributed by atoms with Gasteiger partial charge in [0.25, 0.3) is 0 Å². The minimum atomic E-state index is -0.395. The van der Waals surface area contributed by atoms with Gasteiger partial charge in [0.2, 0.25) is 0 Å². The molecule has 110 valence electrons. The predicted molar refractivity (Wildman–Crippen MR) is 73.5 cm³/mol. The summed E-state index contributed by atoms with van der Waals surface area (Å²) in [4.78, 5) is 0. The number of aryl methyl sites for hydroxylation is 2. The van der Waals surface area contributed by atoms with Gasteiger partial charge in [0, 0.05) is 0 Å². The van der Waals surface area contributed by atoms with Crippen molar-refractivity contribution in [3.8, 4) is 0 Å². The van der Waals surface area contributed by atoms with Gasteiger partial charge in [-0.15, -0.1) is 0 Å². The van der Waals surface area contributed by atoms with E-state index in [4.69, 9.17) is 0 Å². The first kappa shape index (κ1) is 18.2. The molecular weight excluding hydrogens is 268 g/mol. The normalized spacial score (nSPS) is 9.00. The lowest BCUT2D eigenvalue weighted by Crippen LogP contribution is -1.81. The van der Waals surface area contributed by atoms with Crippen molar-refractivity contribution < 1.29 is 17.6 Å². The molecule has 2 aromatic carbocycles. The Morgan fingerprint density at radius 1 is 0.600 bits per heavy atom. The lowest BCUT2D eigenvalue weighted by Gasteiger charge is -1.92. The van der Waals surface area contributed by atoms with Gasteiger partial charge in [-0.05, 0) is 61.4 Å². The van der Waals surface area contributed by atoms with Crippen molar-refractivity contribution >= 4 is 0 Å². The number of benzene rings is 2. The van der Waals surface area contributed by atoms with E-state index in [2.05, 4.69) is 0 Å².